The summed E-state index contributed by atoms with van der Waals surface area (Å²) in [7, 11) is 1.13. The average molecular weight is 326 g/mol. The SMILES string of the molecule is COC(=O)C(NCC(F)(F)F)c1cccc(Br)c1. The summed E-state index contributed by atoms with van der Waals surface area (Å²) in [5, 5.41) is 2.13. The van der Waals surface area contributed by atoms with E-state index >= 15 is 0 Å². The Morgan fingerprint density at radius 3 is 2.67 bits per heavy atom. The van der Waals surface area contributed by atoms with Gasteiger partial charge in [0.15, 0.2) is 0 Å². The zero-order valence-electron chi connectivity index (χ0n) is 9.42. The summed E-state index contributed by atoms with van der Waals surface area (Å²) in [6, 6.07) is 5.31. The van der Waals surface area contributed by atoms with Gasteiger partial charge in [0.2, 0.25) is 0 Å². The number of halogens is 4. The third-order valence-corrected chi connectivity index (χ3v) is 2.62. The molecule has 0 aliphatic carbocycles. The molecule has 1 rings (SSSR count). The Hall–Kier alpha value is -1.08. The van der Waals surface area contributed by atoms with E-state index in [1.54, 1.807) is 24.3 Å². The molecule has 1 unspecified atom stereocenters. The minimum Gasteiger partial charge on any atom is -0.468 e. The fourth-order valence-corrected chi connectivity index (χ4v) is 1.78. The number of alkyl halides is 3. The molecule has 0 saturated heterocycles. The van der Waals surface area contributed by atoms with Crippen molar-refractivity contribution in [1.82, 2.24) is 5.32 Å². The second-order valence-corrected chi connectivity index (χ2v) is 4.42. The molecule has 18 heavy (non-hydrogen) atoms. The predicted octanol–water partition coefficient (Wildman–Crippen LogP) is 2.82. The number of benzene rings is 1. The number of hydrogen-bond acceptors (Lipinski definition) is 3. The molecule has 0 saturated carbocycles. The van der Waals surface area contributed by atoms with Crippen molar-refractivity contribution in [2.75, 3.05) is 13.7 Å². The average Bonchev–Trinajstić information content (AvgIpc) is 2.27. The van der Waals surface area contributed by atoms with Crippen LogP contribution in [0.5, 0.6) is 0 Å². The first-order valence-corrected chi connectivity index (χ1v) is 5.76. The lowest BCUT2D eigenvalue weighted by Gasteiger charge is -2.18. The second kappa shape index (κ2) is 6.19. The molecule has 0 spiro atoms. The molecule has 0 radical (unpaired) electrons. The fraction of sp³-hybridized carbons (Fsp3) is 0.364. The van der Waals surface area contributed by atoms with Gasteiger partial charge in [-0.25, -0.2) is 4.79 Å². The van der Waals surface area contributed by atoms with E-state index in [2.05, 4.69) is 26.0 Å². The van der Waals surface area contributed by atoms with E-state index in [9.17, 15) is 18.0 Å². The largest absolute Gasteiger partial charge is 0.468 e. The molecule has 1 aromatic rings. The lowest BCUT2D eigenvalue weighted by molar-refractivity contribution is -0.146. The van der Waals surface area contributed by atoms with Crippen LogP contribution in [0.25, 0.3) is 0 Å². The van der Waals surface area contributed by atoms with Crippen molar-refractivity contribution in [2.45, 2.75) is 12.2 Å². The Labute approximate surface area is 110 Å². The van der Waals surface area contributed by atoms with Crippen LogP contribution in [0, 0.1) is 0 Å². The van der Waals surface area contributed by atoms with Crippen molar-refractivity contribution in [3.05, 3.63) is 34.3 Å². The van der Waals surface area contributed by atoms with Gasteiger partial charge in [-0.1, -0.05) is 28.1 Å². The van der Waals surface area contributed by atoms with E-state index in [1.165, 1.54) is 0 Å². The van der Waals surface area contributed by atoms with Gasteiger partial charge < -0.3 is 4.74 Å². The summed E-state index contributed by atoms with van der Waals surface area (Å²) in [6.45, 7) is -1.26. The molecule has 3 nitrogen and oxygen atoms in total. The normalized spacial score (nSPS) is 13.2. The maximum atomic E-state index is 12.2. The Morgan fingerprint density at radius 1 is 1.50 bits per heavy atom. The molecule has 7 heteroatoms. The van der Waals surface area contributed by atoms with Crippen LogP contribution in [0.2, 0.25) is 0 Å². The van der Waals surface area contributed by atoms with Gasteiger partial charge >= 0.3 is 12.1 Å². The highest BCUT2D eigenvalue weighted by atomic mass is 79.9. The van der Waals surface area contributed by atoms with Gasteiger partial charge in [-0.2, -0.15) is 13.2 Å². The fourth-order valence-electron chi connectivity index (χ4n) is 1.36. The Kier molecular flexibility index (Phi) is 5.15. The van der Waals surface area contributed by atoms with E-state index in [-0.39, 0.29) is 0 Å². The number of carbonyl (C=O) groups is 1. The first kappa shape index (κ1) is 15.0. The predicted molar refractivity (Wildman–Crippen MR) is 63.0 cm³/mol. The number of esters is 1. The second-order valence-electron chi connectivity index (χ2n) is 3.51. The van der Waals surface area contributed by atoms with Crippen LogP contribution < -0.4 is 5.32 Å². The lowest BCUT2D eigenvalue weighted by atomic mass is 10.1. The van der Waals surface area contributed by atoms with E-state index in [0.717, 1.165) is 7.11 Å². The molecule has 0 amide bonds. The van der Waals surface area contributed by atoms with E-state index in [0.29, 0.717) is 10.0 Å². The molecule has 0 aliphatic rings. The minimum atomic E-state index is -4.39. The maximum Gasteiger partial charge on any atom is 0.401 e. The number of nitrogens with one attached hydrogen (secondary N) is 1. The summed E-state index contributed by atoms with van der Waals surface area (Å²) in [5.74, 6) is -0.766. The van der Waals surface area contributed by atoms with Crippen LogP contribution in [0.3, 0.4) is 0 Å². The number of carbonyl (C=O) groups excluding carboxylic acids is 1. The topological polar surface area (TPSA) is 38.3 Å². The van der Waals surface area contributed by atoms with Gasteiger partial charge in [0, 0.05) is 4.47 Å². The summed E-state index contributed by atoms with van der Waals surface area (Å²) in [4.78, 5) is 11.5. The van der Waals surface area contributed by atoms with Gasteiger partial charge in [-0.05, 0) is 17.7 Å². The highest BCUT2D eigenvalue weighted by Crippen LogP contribution is 2.21. The molecule has 0 heterocycles. The molecule has 1 N–H and O–H groups in total. The first-order chi connectivity index (χ1) is 8.33. The Bertz CT molecular complexity index is 423. The summed E-state index contributed by atoms with van der Waals surface area (Å²) in [6.07, 6.45) is -4.39. The molecule has 0 aliphatic heterocycles. The molecule has 1 aromatic carbocycles. The molecule has 0 fully saturated rings. The molecule has 1 atom stereocenters. The van der Waals surface area contributed by atoms with Gasteiger partial charge in [0.1, 0.15) is 6.04 Å². The van der Waals surface area contributed by atoms with Gasteiger partial charge in [0.05, 0.1) is 13.7 Å². The standard InChI is InChI=1S/C11H11BrF3NO2/c1-18-10(17)9(16-6-11(13,14)15)7-3-2-4-8(12)5-7/h2-5,9,16H,6H2,1H3. The van der Waals surface area contributed by atoms with E-state index in [4.69, 9.17) is 0 Å². The van der Waals surface area contributed by atoms with Crippen LogP contribution in [-0.4, -0.2) is 25.8 Å². The van der Waals surface area contributed by atoms with Crippen molar-refractivity contribution in [2.24, 2.45) is 0 Å². The quantitative estimate of drug-likeness (QED) is 0.865. The summed E-state index contributed by atoms with van der Waals surface area (Å²) < 4.78 is 41.6. The Morgan fingerprint density at radius 2 is 2.17 bits per heavy atom. The zero-order valence-corrected chi connectivity index (χ0v) is 11.0. The van der Waals surface area contributed by atoms with E-state index < -0.39 is 24.7 Å². The van der Waals surface area contributed by atoms with Crippen molar-refractivity contribution >= 4 is 21.9 Å². The molecule has 0 aromatic heterocycles. The number of methoxy groups -OCH3 is 1. The van der Waals surface area contributed by atoms with Crippen molar-refractivity contribution < 1.29 is 22.7 Å². The zero-order chi connectivity index (χ0) is 13.8. The van der Waals surface area contributed by atoms with Gasteiger partial charge in [-0.15, -0.1) is 0 Å². The van der Waals surface area contributed by atoms with Crippen LogP contribution in [0.15, 0.2) is 28.7 Å². The third kappa shape index (κ3) is 4.66. The van der Waals surface area contributed by atoms with Gasteiger partial charge in [-0.3, -0.25) is 5.32 Å². The van der Waals surface area contributed by atoms with Gasteiger partial charge in [0.25, 0.3) is 0 Å². The number of ether oxygens (including phenoxy) is 1. The maximum absolute atomic E-state index is 12.2. The smallest absolute Gasteiger partial charge is 0.401 e. The minimum absolute atomic E-state index is 0.403. The first-order valence-electron chi connectivity index (χ1n) is 4.97. The van der Waals surface area contributed by atoms with Crippen LogP contribution in [0.4, 0.5) is 13.2 Å². The Balaban J connectivity index is 2.88. The molecular weight excluding hydrogens is 315 g/mol. The highest BCUT2D eigenvalue weighted by Gasteiger charge is 2.31. The summed E-state index contributed by atoms with van der Waals surface area (Å²) >= 11 is 3.19. The third-order valence-electron chi connectivity index (χ3n) is 2.13. The monoisotopic (exact) mass is 325 g/mol. The molecular formula is C11H11BrF3NO2. The highest BCUT2D eigenvalue weighted by molar-refractivity contribution is 9.10. The van der Waals surface area contributed by atoms with Crippen LogP contribution in [0.1, 0.15) is 11.6 Å². The van der Waals surface area contributed by atoms with Crippen molar-refractivity contribution in [3.8, 4) is 0 Å². The number of hydrogen-bond donors (Lipinski definition) is 1. The lowest BCUT2D eigenvalue weighted by Crippen LogP contribution is -2.36. The van der Waals surface area contributed by atoms with Crippen molar-refractivity contribution in [3.63, 3.8) is 0 Å². The van der Waals surface area contributed by atoms with Crippen LogP contribution >= 0.6 is 15.9 Å². The number of rotatable bonds is 4. The molecule has 100 valence electrons. The molecule has 0 bridgehead atoms. The van der Waals surface area contributed by atoms with E-state index in [1.807, 2.05) is 0 Å². The summed E-state index contributed by atoms with van der Waals surface area (Å²) in [5.41, 5.74) is 0.403. The van der Waals surface area contributed by atoms with Crippen molar-refractivity contribution in [1.29, 1.82) is 0 Å². The van der Waals surface area contributed by atoms with Crippen LogP contribution in [-0.2, 0) is 9.53 Å².